The first-order valence-electron chi connectivity index (χ1n) is 8.97. The second-order valence-electron chi connectivity index (χ2n) is 6.22. The molecule has 0 saturated carbocycles. The normalized spacial score (nSPS) is 10.7. The van der Waals surface area contributed by atoms with Crippen LogP contribution in [0.5, 0.6) is 11.5 Å². The molecular formula is C22H19Cl4NO2. The third kappa shape index (κ3) is 6.10. The van der Waals surface area contributed by atoms with Crippen LogP contribution < -0.4 is 14.8 Å². The number of hydrogen-bond donors (Lipinski definition) is 1. The molecule has 3 rings (SSSR count). The molecule has 3 aromatic carbocycles. The Balaban J connectivity index is 1.71. The molecule has 0 bridgehead atoms. The highest BCUT2D eigenvalue weighted by molar-refractivity contribution is 6.35. The van der Waals surface area contributed by atoms with E-state index >= 15 is 0 Å². The van der Waals surface area contributed by atoms with E-state index in [1.165, 1.54) is 0 Å². The van der Waals surface area contributed by atoms with E-state index in [1.54, 1.807) is 30.3 Å². The van der Waals surface area contributed by atoms with E-state index in [0.29, 0.717) is 51.3 Å². The first-order chi connectivity index (χ1) is 14.0. The van der Waals surface area contributed by atoms with Crippen LogP contribution in [0.15, 0.2) is 54.6 Å². The van der Waals surface area contributed by atoms with Gasteiger partial charge in [-0.15, -0.1) is 0 Å². The summed E-state index contributed by atoms with van der Waals surface area (Å²) in [6, 6.07) is 16.4. The van der Waals surface area contributed by atoms with Gasteiger partial charge in [-0.05, 0) is 55.0 Å². The predicted molar refractivity (Wildman–Crippen MR) is 122 cm³/mol. The Morgan fingerprint density at radius 2 is 1.52 bits per heavy atom. The molecule has 29 heavy (non-hydrogen) atoms. The molecule has 0 aliphatic rings. The van der Waals surface area contributed by atoms with Crippen LogP contribution in [0.3, 0.4) is 0 Å². The summed E-state index contributed by atoms with van der Waals surface area (Å²) in [5, 5.41) is 5.67. The number of benzene rings is 3. The molecule has 0 heterocycles. The van der Waals surface area contributed by atoms with Crippen molar-refractivity contribution in [2.75, 3.05) is 11.9 Å². The zero-order valence-electron chi connectivity index (χ0n) is 15.6. The highest BCUT2D eigenvalue weighted by atomic mass is 35.5. The van der Waals surface area contributed by atoms with Crippen molar-refractivity contribution in [2.45, 2.75) is 20.1 Å². The molecule has 0 saturated heterocycles. The van der Waals surface area contributed by atoms with Crippen molar-refractivity contribution in [3.8, 4) is 11.5 Å². The van der Waals surface area contributed by atoms with Crippen molar-refractivity contribution >= 4 is 52.1 Å². The predicted octanol–water partition coefficient (Wildman–Crippen LogP) is 7.89. The Morgan fingerprint density at radius 1 is 0.759 bits per heavy atom. The monoisotopic (exact) mass is 469 g/mol. The van der Waals surface area contributed by atoms with Crippen molar-refractivity contribution in [3.05, 3.63) is 85.8 Å². The van der Waals surface area contributed by atoms with Crippen LogP contribution in [0, 0.1) is 0 Å². The number of nitrogens with one attached hydrogen (secondary N) is 1. The molecule has 0 radical (unpaired) electrons. The van der Waals surface area contributed by atoms with Crippen LogP contribution >= 0.6 is 46.4 Å². The van der Waals surface area contributed by atoms with Crippen LogP contribution in [0.2, 0.25) is 20.1 Å². The minimum atomic E-state index is 0.311. The number of ether oxygens (including phenoxy) is 2. The largest absolute Gasteiger partial charge is 0.490 e. The number of anilines is 1. The lowest BCUT2D eigenvalue weighted by molar-refractivity contribution is 0.269. The number of hydrogen-bond acceptors (Lipinski definition) is 3. The summed E-state index contributed by atoms with van der Waals surface area (Å²) in [6.07, 6.45) is 0. The zero-order chi connectivity index (χ0) is 20.8. The van der Waals surface area contributed by atoms with E-state index < -0.39 is 0 Å². The average molecular weight is 471 g/mol. The van der Waals surface area contributed by atoms with E-state index in [9.17, 15) is 0 Å². The molecule has 0 aliphatic heterocycles. The molecule has 0 amide bonds. The van der Waals surface area contributed by atoms with Crippen LogP contribution in [-0.4, -0.2) is 6.61 Å². The zero-order valence-corrected chi connectivity index (χ0v) is 18.7. The average Bonchev–Trinajstić information content (AvgIpc) is 2.69. The third-order valence-electron chi connectivity index (χ3n) is 4.12. The number of halogens is 4. The van der Waals surface area contributed by atoms with Gasteiger partial charge in [0.1, 0.15) is 6.61 Å². The summed E-state index contributed by atoms with van der Waals surface area (Å²) in [6.45, 7) is 3.32. The fourth-order valence-corrected chi connectivity index (χ4v) is 3.49. The maximum absolute atomic E-state index is 6.22. The van der Waals surface area contributed by atoms with Gasteiger partial charge in [0.2, 0.25) is 0 Å². The molecular weight excluding hydrogens is 452 g/mol. The van der Waals surface area contributed by atoms with Gasteiger partial charge >= 0.3 is 0 Å². The van der Waals surface area contributed by atoms with Crippen LogP contribution in [0.25, 0.3) is 0 Å². The van der Waals surface area contributed by atoms with Gasteiger partial charge in [0.15, 0.2) is 11.5 Å². The first kappa shape index (κ1) is 21.9. The van der Waals surface area contributed by atoms with Crippen LogP contribution in [-0.2, 0) is 13.2 Å². The Kier molecular flexibility index (Phi) is 7.79. The molecule has 0 fully saturated rings. The van der Waals surface area contributed by atoms with E-state index in [4.69, 9.17) is 55.9 Å². The molecule has 0 atom stereocenters. The lowest BCUT2D eigenvalue weighted by Crippen LogP contribution is -2.03. The molecule has 0 unspecified atom stereocenters. The summed E-state index contributed by atoms with van der Waals surface area (Å²) in [4.78, 5) is 0. The molecule has 0 aliphatic carbocycles. The maximum atomic E-state index is 6.22. The standard InChI is InChI=1S/C22H19Cl4NO2/c1-2-28-22-9-14(12-27-20-11-17(24)6-7-18(20)25)3-8-21(22)29-13-15-4-5-16(23)10-19(15)26/h3-11,27H,2,12-13H2,1H3. The number of rotatable bonds is 8. The van der Waals surface area contributed by atoms with Crippen molar-refractivity contribution in [3.63, 3.8) is 0 Å². The van der Waals surface area contributed by atoms with Gasteiger partial charge < -0.3 is 14.8 Å². The Bertz CT molecular complexity index is 995. The molecule has 7 heteroatoms. The topological polar surface area (TPSA) is 30.5 Å². The highest BCUT2D eigenvalue weighted by Crippen LogP contribution is 2.31. The van der Waals surface area contributed by atoms with Gasteiger partial charge in [0, 0.05) is 27.2 Å². The molecule has 152 valence electrons. The van der Waals surface area contributed by atoms with E-state index in [0.717, 1.165) is 16.8 Å². The molecule has 3 nitrogen and oxygen atoms in total. The van der Waals surface area contributed by atoms with Crippen LogP contribution in [0.4, 0.5) is 5.69 Å². The fourth-order valence-electron chi connectivity index (χ4n) is 2.67. The Labute approximate surface area is 190 Å². The minimum Gasteiger partial charge on any atom is -0.490 e. The van der Waals surface area contributed by atoms with E-state index in [-0.39, 0.29) is 0 Å². The van der Waals surface area contributed by atoms with Gasteiger partial charge in [-0.25, -0.2) is 0 Å². The highest BCUT2D eigenvalue weighted by Gasteiger charge is 2.10. The summed E-state index contributed by atoms with van der Waals surface area (Å²) >= 11 is 24.4. The van der Waals surface area contributed by atoms with Gasteiger partial charge in [0.25, 0.3) is 0 Å². The molecule has 3 aromatic rings. The van der Waals surface area contributed by atoms with Crippen molar-refractivity contribution in [1.29, 1.82) is 0 Å². The van der Waals surface area contributed by atoms with Crippen LogP contribution in [0.1, 0.15) is 18.1 Å². The van der Waals surface area contributed by atoms with Gasteiger partial charge in [-0.2, -0.15) is 0 Å². The summed E-state index contributed by atoms with van der Waals surface area (Å²) in [5.41, 5.74) is 2.64. The molecule has 0 spiro atoms. The third-order valence-corrected chi connectivity index (χ3v) is 5.27. The SMILES string of the molecule is CCOc1cc(CNc2cc(Cl)ccc2Cl)ccc1OCc1ccc(Cl)cc1Cl. The fraction of sp³-hybridized carbons (Fsp3) is 0.182. The van der Waals surface area contributed by atoms with Crippen molar-refractivity contribution < 1.29 is 9.47 Å². The Hall–Kier alpha value is -1.78. The molecule has 0 aromatic heterocycles. The lowest BCUT2D eigenvalue weighted by Gasteiger charge is -2.15. The summed E-state index contributed by atoms with van der Waals surface area (Å²) in [5.74, 6) is 1.30. The molecule has 1 N–H and O–H groups in total. The van der Waals surface area contributed by atoms with Crippen molar-refractivity contribution in [2.24, 2.45) is 0 Å². The second kappa shape index (κ2) is 10.3. The van der Waals surface area contributed by atoms with Gasteiger partial charge in [-0.3, -0.25) is 0 Å². The van der Waals surface area contributed by atoms with Gasteiger partial charge in [-0.1, -0.05) is 58.5 Å². The minimum absolute atomic E-state index is 0.311. The van der Waals surface area contributed by atoms with E-state index in [2.05, 4.69) is 5.32 Å². The van der Waals surface area contributed by atoms with Gasteiger partial charge in [0.05, 0.1) is 17.3 Å². The Morgan fingerprint density at radius 3 is 2.28 bits per heavy atom. The second-order valence-corrected chi connectivity index (χ2v) is 7.90. The van der Waals surface area contributed by atoms with E-state index in [1.807, 2.05) is 31.2 Å². The maximum Gasteiger partial charge on any atom is 0.161 e. The first-order valence-corrected chi connectivity index (χ1v) is 10.5. The van der Waals surface area contributed by atoms with Crippen molar-refractivity contribution in [1.82, 2.24) is 0 Å². The lowest BCUT2D eigenvalue weighted by atomic mass is 10.2. The summed E-state index contributed by atoms with van der Waals surface area (Å²) in [7, 11) is 0. The summed E-state index contributed by atoms with van der Waals surface area (Å²) < 4.78 is 11.7. The smallest absolute Gasteiger partial charge is 0.161 e. The quantitative estimate of drug-likeness (QED) is 0.363.